The van der Waals surface area contributed by atoms with E-state index in [4.69, 9.17) is 9.57 Å². The Balaban J connectivity index is 1.74. The average Bonchev–Trinajstić information content (AvgIpc) is 3.16. The van der Waals surface area contributed by atoms with Gasteiger partial charge >= 0.3 is 0 Å². The van der Waals surface area contributed by atoms with Crippen molar-refractivity contribution >= 4 is 16.8 Å². The molecular weight excluding hydrogens is 364 g/mol. The van der Waals surface area contributed by atoms with Crippen LogP contribution in [0.15, 0.2) is 84.9 Å². The number of para-hydroxylation sites is 1. The first-order chi connectivity index (χ1) is 14.2. The quantitative estimate of drug-likeness (QED) is 0.445. The molecule has 0 unspecified atom stereocenters. The SMILES string of the molecule is CON(C)C(=O)c1cc2cc(OCc3ccccc3)ccc2n1-c1ccccc1. The van der Waals surface area contributed by atoms with Crippen LogP contribution in [0.5, 0.6) is 5.75 Å². The van der Waals surface area contributed by atoms with Crippen molar-refractivity contribution in [2.75, 3.05) is 14.2 Å². The van der Waals surface area contributed by atoms with E-state index < -0.39 is 0 Å². The van der Waals surface area contributed by atoms with Crippen molar-refractivity contribution in [2.24, 2.45) is 0 Å². The van der Waals surface area contributed by atoms with E-state index in [0.29, 0.717) is 12.3 Å². The lowest BCUT2D eigenvalue weighted by Gasteiger charge is -2.16. The zero-order valence-corrected chi connectivity index (χ0v) is 16.4. The van der Waals surface area contributed by atoms with Gasteiger partial charge in [-0.15, -0.1) is 0 Å². The number of benzene rings is 3. The highest BCUT2D eigenvalue weighted by molar-refractivity contribution is 5.99. The zero-order chi connectivity index (χ0) is 20.2. The molecule has 0 aliphatic heterocycles. The third kappa shape index (κ3) is 3.86. The summed E-state index contributed by atoms with van der Waals surface area (Å²) in [6.45, 7) is 0.490. The van der Waals surface area contributed by atoms with Crippen molar-refractivity contribution < 1.29 is 14.4 Å². The van der Waals surface area contributed by atoms with Gasteiger partial charge in [0, 0.05) is 18.1 Å². The lowest BCUT2D eigenvalue weighted by atomic mass is 10.2. The molecule has 0 bridgehead atoms. The predicted molar refractivity (Wildman–Crippen MR) is 113 cm³/mol. The number of hydrogen-bond donors (Lipinski definition) is 0. The third-order valence-electron chi connectivity index (χ3n) is 4.81. The van der Waals surface area contributed by atoms with Gasteiger partial charge in [-0.2, -0.15) is 0 Å². The summed E-state index contributed by atoms with van der Waals surface area (Å²) in [5.74, 6) is 0.532. The number of nitrogens with zero attached hydrogens (tertiary/aromatic N) is 2. The molecule has 0 saturated carbocycles. The second-order valence-electron chi connectivity index (χ2n) is 6.68. The summed E-state index contributed by atoms with van der Waals surface area (Å²) in [5, 5.41) is 2.15. The van der Waals surface area contributed by atoms with E-state index in [1.165, 1.54) is 12.2 Å². The number of hydrogen-bond acceptors (Lipinski definition) is 3. The van der Waals surface area contributed by atoms with Gasteiger partial charge in [0.2, 0.25) is 0 Å². The smallest absolute Gasteiger partial charge is 0.294 e. The highest BCUT2D eigenvalue weighted by Crippen LogP contribution is 2.29. The fourth-order valence-corrected chi connectivity index (χ4v) is 3.28. The molecule has 5 heteroatoms. The maximum atomic E-state index is 12.9. The van der Waals surface area contributed by atoms with E-state index in [1.54, 1.807) is 7.05 Å². The minimum Gasteiger partial charge on any atom is -0.489 e. The summed E-state index contributed by atoms with van der Waals surface area (Å²) in [7, 11) is 3.08. The topological polar surface area (TPSA) is 43.7 Å². The first kappa shape index (κ1) is 18.8. The number of rotatable bonds is 6. The molecule has 1 amide bonds. The zero-order valence-electron chi connectivity index (χ0n) is 16.4. The van der Waals surface area contributed by atoms with Gasteiger partial charge in [-0.25, -0.2) is 5.06 Å². The number of aromatic nitrogens is 1. The molecule has 0 N–H and O–H groups in total. The molecular formula is C24H22N2O3. The Morgan fingerprint density at radius 1 is 0.931 bits per heavy atom. The highest BCUT2D eigenvalue weighted by Gasteiger charge is 2.20. The van der Waals surface area contributed by atoms with Crippen LogP contribution in [0.2, 0.25) is 0 Å². The number of carbonyl (C=O) groups excluding carboxylic acids is 1. The Labute approximate surface area is 169 Å². The Bertz CT molecular complexity index is 1120. The molecule has 1 aromatic heterocycles. The number of ether oxygens (including phenoxy) is 1. The van der Waals surface area contributed by atoms with Crippen LogP contribution in [0.4, 0.5) is 0 Å². The average molecular weight is 386 g/mol. The third-order valence-corrected chi connectivity index (χ3v) is 4.81. The molecule has 1 heterocycles. The van der Waals surface area contributed by atoms with Crippen molar-refractivity contribution in [2.45, 2.75) is 6.61 Å². The van der Waals surface area contributed by atoms with Crippen molar-refractivity contribution in [3.05, 3.63) is 96.2 Å². The van der Waals surface area contributed by atoms with Gasteiger partial charge in [-0.1, -0.05) is 48.5 Å². The minimum atomic E-state index is -0.223. The highest BCUT2D eigenvalue weighted by atomic mass is 16.7. The van der Waals surface area contributed by atoms with Crippen molar-refractivity contribution in [1.29, 1.82) is 0 Å². The fourth-order valence-electron chi connectivity index (χ4n) is 3.28. The fraction of sp³-hybridized carbons (Fsp3) is 0.125. The number of carbonyl (C=O) groups is 1. The van der Waals surface area contributed by atoms with Crippen LogP contribution in [0.1, 0.15) is 16.1 Å². The Morgan fingerprint density at radius 3 is 2.31 bits per heavy atom. The van der Waals surface area contributed by atoms with E-state index in [1.807, 2.05) is 89.5 Å². The van der Waals surface area contributed by atoms with Gasteiger partial charge in [0.1, 0.15) is 18.1 Å². The van der Waals surface area contributed by atoms with Crippen molar-refractivity contribution in [1.82, 2.24) is 9.63 Å². The monoisotopic (exact) mass is 386 g/mol. The summed E-state index contributed by atoms with van der Waals surface area (Å²) < 4.78 is 7.89. The van der Waals surface area contributed by atoms with Crippen LogP contribution in [-0.2, 0) is 11.4 Å². The van der Waals surface area contributed by atoms with Gasteiger partial charge in [0.25, 0.3) is 5.91 Å². The number of amides is 1. The van der Waals surface area contributed by atoms with Crippen molar-refractivity contribution in [3.63, 3.8) is 0 Å². The van der Waals surface area contributed by atoms with Gasteiger partial charge < -0.3 is 9.30 Å². The van der Waals surface area contributed by atoms with E-state index in [0.717, 1.165) is 27.9 Å². The van der Waals surface area contributed by atoms with Crippen LogP contribution in [0.3, 0.4) is 0 Å². The van der Waals surface area contributed by atoms with Crippen LogP contribution in [0, 0.1) is 0 Å². The molecule has 0 radical (unpaired) electrons. The molecule has 3 aromatic carbocycles. The van der Waals surface area contributed by atoms with Crippen molar-refractivity contribution in [3.8, 4) is 11.4 Å². The normalized spacial score (nSPS) is 10.8. The predicted octanol–water partition coefficient (Wildman–Crippen LogP) is 4.84. The maximum Gasteiger partial charge on any atom is 0.294 e. The molecule has 0 saturated heterocycles. The summed E-state index contributed by atoms with van der Waals surface area (Å²) in [6.07, 6.45) is 0. The van der Waals surface area contributed by atoms with Crippen LogP contribution in [0.25, 0.3) is 16.6 Å². The standard InChI is InChI=1S/C24H22N2O3/c1-25(28-2)24(27)23-16-19-15-21(29-17-18-9-5-3-6-10-18)13-14-22(19)26(23)20-11-7-4-8-12-20/h3-16H,17H2,1-2H3. The molecule has 0 fully saturated rings. The molecule has 0 aliphatic rings. The molecule has 0 atom stereocenters. The second kappa shape index (κ2) is 8.20. The number of hydroxylamine groups is 2. The van der Waals surface area contributed by atoms with Gasteiger partial charge in [-0.05, 0) is 42.0 Å². The Morgan fingerprint density at radius 2 is 1.62 bits per heavy atom. The summed E-state index contributed by atoms with van der Waals surface area (Å²) >= 11 is 0. The summed E-state index contributed by atoms with van der Waals surface area (Å²) in [6, 6.07) is 27.6. The Hall–Kier alpha value is -3.57. The summed E-state index contributed by atoms with van der Waals surface area (Å²) in [4.78, 5) is 18.0. The maximum absolute atomic E-state index is 12.9. The van der Waals surface area contributed by atoms with E-state index in [2.05, 4.69) is 0 Å². The van der Waals surface area contributed by atoms with Crippen LogP contribution >= 0.6 is 0 Å². The number of fused-ring (bicyclic) bond motifs is 1. The van der Waals surface area contributed by atoms with Crippen LogP contribution in [-0.4, -0.2) is 29.7 Å². The molecule has 0 aliphatic carbocycles. The van der Waals surface area contributed by atoms with E-state index in [-0.39, 0.29) is 5.91 Å². The molecule has 5 nitrogen and oxygen atoms in total. The molecule has 146 valence electrons. The second-order valence-corrected chi connectivity index (χ2v) is 6.68. The van der Waals surface area contributed by atoms with E-state index >= 15 is 0 Å². The molecule has 29 heavy (non-hydrogen) atoms. The van der Waals surface area contributed by atoms with Crippen LogP contribution < -0.4 is 4.74 Å². The first-order valence-electron chi connectivity index (χ1n) is 9.37. The Kier molecular flexibility index (Phi) is 5.31. The van der Waals surface area contributed by atoms with Gasteiger partial charge in [-0.3, -0.25) is 9.63 Å². The van der Waals surface area contributed by atoms with Gasteiger partial charge in [0.05, 0.1) is 12.6 Å². The lowest BCUT2D eigenvalue weighted by molar-refractivity contribution is -0.0761. The van der Waals surface area contributed by atoms with E-state index in [9.17, 15) is 4.79 Å². The van der Waals surface area contributed by atoms with Gasteiger partial charge in [0.15, 0.2) is 0 Å². The lowest BCUT2D eigenvalue weighted by Crippen LogP contribution is -2.27. The first-order valence-corrected chi connectivity index (χ1v) is 9.37. The summed E-state index contributed by atoms with van der Waals surface area (Å²) in [5.41, 5.74) is 3.47. The molecule has 0 spiro atoms. The molecule has 4 aromatic rings. The molecule has 4 rings (SSSR count). The minimum absolute atomic E-state index is 0.223. The largest absolute Gasteiger partial charge is 0.489 e.